The van der Waals surface area contributed by atoms with E-state index in [4.69, 9.17) is 0 Å². The summed E-state index contributed by atoms with van der Waals surface area (Å²) >= 11 is 2.58. The molecule has 26 heavy (non-hydrogen) atoms. The molecule has 0 aliphatic carbocycles. The Balaban J connectivity index is 2.20. The maximum Gasteiger partial charge on any atom is 0.249 e. The van der Waals surface area contributed by atoms with Crippen LogP contribution in [0.2, 0.25) is 0 Å². The smallest absolute Gasteiger partial charge is 0.249 e. The number of aromatic nitrogens is 2. The average molecular weight is 417 g/mol. The van der Waals surface area contributed by atoms with Crippen LogP contribution >= 0.6 is 23.1 Å². The predicted molar refractivity (Wildman–Crippen MR) is 103 cm³/mol. The van der Waals surface area contributed by atoms with Gasteiger partial charge in [0.15, 0.2) is 4.34 Å². The van der Waals surface area contributed by atoms with Crippen LogP contribution in [0, 0.1) is 5.82 Å². The molecule has 1 amide bonds. The number of amides is 1. The average Bonchev–Trinajstić information content (AvgIpc) is 2.99. The maximum absolute atomic E-state index is 13.5. The number of benzene rings is 1. The van der Waals surface area contributed by atoms with Crippen molar-refractivity contribution in [2.24, 2.45) is 0 Å². The van der Waals surface area contributed by atoms with E-state index in [0.29, 0.717) is 10.1 Å². The van der Waals surface area contributed by atoms with E-state index in [1.807, 2.05) is 0 Å². The third-order valence-corrected chi connectivity index (χ3v) is 6.32. The largest absolute Gasteiger partial charge is 0.299 e. The molecule has 0 aliphatic heterocycles. The SMILES string of the molecule is C=CCSc1nnc(NC(=O)[C@@H](C)N(c2cccc(F)c2)S(C)(=O)=O)s1. The van der Waals surface area contributed by atoms with Crippen molar-refractivity contribution in [3.8, 4) is 0 Å². The highest BCUT2D eigenvalue weighted by atomic mass is 32.2. The summed E-state index contributed by atoms with van der Waals surface area (Å²) in [6.45, 7) is 5.02. The van der Waals surface area contributed by atoms with Crippen LogP contribution in [-0.2, 0) is 14.8 Å². The van der Waals surface area contributed by atoms with Gasteiger partial charge in [0.1, 0.15) is 11.9 Å². The summed E-state index contributed by atoms with van der Waals surface area (Å²) in [4.78, 5) is 12.5. The molecule has 11 heteroatoms. The number of sulfonamides is 1. The first-order valence-corrected chi connectivity index (χ1v) is 11.0. The van der Waals surface area contributed by atoms with Gasteiger partial charge in [0.05, 0.1) is 11.9 Å². The third-order valence-electron chi connectivity index (χ3n) is 3.11. The van der Waals surface area contributed by atoms with E-state index >= 15 is 0 Å². The second-order valence-corrected chi connectivity index (χ2v) is 9.28. The minimum Gasteiger partial charge on any atom is -0.299 e. The van der Waals surface area contributed by atoms with Gasteiger partial charge in [-0.2, -0.15) is 0 Å². The third kappa shape index (κ3) is 5.26. The molecule has 2 rings (SSSR count). The molecule has 0 bridgehead atoms. The van der Waals surface area contributed by atoms with E-state index in [9.17, 15) is 17.6 Å². The molecule has 0 saturated heterocycles. The zero-order valence-corrected chi connectivity index (χ0v) is 16.5. The fourth-order valence-corrected chi connectivity index (χ4v) is 4.76. The Hall–Kier alpha value is -1.98. The predicted octanol–water partition coefficient (Wildman–Crippen LogP) is 2.75. The van der Waals surface area contributed by atoms with Gasteiger partial charge in [-0.3, -0.25) is 14.4 Å². The van der Waals surface area contributed by atoms with Crippen molar-refractivity contribution >= 4 is 49.8 Å². The first-order chi connectivity index (χ1) is 12.2. The molecule has 0 saturated carbocycles. The first-order valence-electron chi connectivity index (χ1n) is 7.35. The lowest BCUT2D eigenvalue weighted by atomic mass is 10.2. The number of rotatable bonds is 8. The molecule has 1 heterocycles. The summed E-state index contributed by atoms with van der Waals surface area (Å²) in [5.74, 6) is -0.548. The summed E-state index contributed by atoms with van der Waals surface area (Å²) in [6.07, 6.45) is 2.67. The number of nitrogens with zero attached hydrogens (tertiary/aromatic N) is 3. The molecular formula is C15H17FN4O3S3. The van der Waals surface area contributed by atoms with Crippen molar-refractivity contribution in [2.45, 2.75) is 17.3 Å². The van der Waals surface area contributed by atoms with Gasteiger partial charge in [0.2, 0.25) is 21.1 Å². The van der Waals surface area contributed by atoms with Crippen LogP contribution in [0.15, 0.2) is 41.3 Å². The summed E-state index contributed by atoms with van der Waals surface area (Å²) in [5.41, 5.74) is 0.0645. The molecule has 7 nitrogen and oxygen atoms in total. The van der Waals surface area contributed by atoms with Crippen LogP contribution in [0.5, 0.6) is 0 Å². The number of halogens is 1. The van der Waals surface area contributed by atoms with E-state index in [-0.39, 0.29) is 10.8 Å². The molecule has 1 N–H and O–H groups in total. The Bertz CT molecular complexity index is 901. The molecule has 0 fully saturated rings. The Morgan fingerprint density at radius 1 is 1.50 bits per heavy atom. The van der Waals surface area contributed by atoms with Crippen molar-refractivity contribution in [1.29, 1.82) is 0 Å². The zero-order chi connectivity index (χ0) is 19.3. The molecule has 140 valence electrons. The van der Waals surface area contributed by atoms with E-state index in [2.05, 4.69) is 22.1 Å². The summed E-state index contributed by atoms with van der Waals surface area (Å²) < 4.78 is 39.3. The highest BCUT2D eigenvalue weighted by Gasteiger charge is 2.30. The maximum atomic E-state index is 13.5. The van der Waals surface area contributed by atoms with Gasteiger partial charge in [0.25, 0.3) is 0 Å². The molecule has 0 aliphatic rings. The van der Waals surface area contributed by atoms with Gasteiger partial charge in [-0.05, 0) is 25.1 Å². The lowest BCUT2D eigenvalue weighted by molar-refractivity contribution is -0.116. The number of nitrogens with one attached hydrogen (secondary N) is 1. The van der Waals surface area contributed by atoms with Crippen molar-refractivity contribution in [3.63, 3.8) is 0 Å². The van der Waals surface area contributed by atoms with Crippen LogP contribution in [0.4, 0.5) is 15.2 Å². The number of hydrogen-bond acceptors (Lipinski definition) is 7. The molecule has 0 unspecified atom stereocenters. The van der Waals surface area contributed by atoms with Crippen molar-refractivity contribution in [2.75, 3.05) is 21.6 Å². The highest BCUT2D eigenvalue weighted by Crippen LogP contribution is 2.26. The van der Waals surface area contributed by atoms with E-state index in [1.54, 1.807) is 6.08 Å². The van der Waals surface area contributed by atoms with Crippen LogP contribution in [0.3, 0.4) is 0 Å². The minimum atomic E-state index is -3.82. The number of thioether (sulfide) groups is 1. The van der Waals surface area contributed by atoms with Gasteiger partial charge in [-0.15, -0.1) is 16.8 Å². The highest BCUT2D eigenvalue weighted by molar-refractivity contribution is 8.01. The molecule has 1 aromatic carbocycles. The summed E-state index contributed by atoms with van der Waals surface area (Å²) in [7, 11) is -3.82. The second-order valence-electron chi connectivity index (χ2n) is 5.18. The number of anilines is 2. The molecule has 0 radical (unpaired) electrons. The molecular weight excluding hydrogens is 399 g/mol. The van der Waals surface area contributed by atoms with Gasteiger partial charge in [-0.1, -0.05) is 35.2 Å². The Labute approximate surface area is 159 Å². The van der Waals surface area contributed by atoms with Gasteiger partial charge in [0, 0.05) is 5.75 Å². The molecule has 0 spiro atoms. The minimum absolute atomic E-state index is 0.0645. The van der Waals surface area contributed by atoms with E-state index in [1.165, 1.54) is 48.2 Å². The normalized spacial score (nSPS) is 12.4. The zero-order valence-electron chi connectivity index (χ0n) is 14.0. The monoisotopic (exact) mass is 416 g/mol. The molecule has 1 atom stereocenters. The summed E-state index contributed by atoms with van der Waals surface area (Å²) in [6, 6.07) is 3.93. The second kappa shape index (κ2) is 8.60. The van der Waals surface area contributed by atoms with Crippen molar-refractivity contribution in [1.82, 2.24) is 10.2 Å². The van der Waals surface area contributed by atoms with Gasteiger partial charge in [-0.25, -0.2) is 12.8 Å². The van der Waals surface area contributed by atoms with Crippen LogP contribution in [0.1, 0.15) is 6.92 Å². The number of carbonyl (C=O) groups excluding carboxylic acids is 1. The van der Waals surface area contributed by atoms with Gasteiger partial charge < -0.3 is 0 Å². The Kier molecular flexibility index (Phi) is 6.73. The topological polar surface area (TPSA) is 92.3 Å². The first kappa shape index (κ1) is 20.3. The molecule has 2 aromatic rings. The van der Waals surface area contributed by atoms with Crippen LogP contribution in [-0.4, -0.2) is 42.6 Å². The lowest BCUT2D eigenvalue weighted by Crippen LogP contribution is -2.45. The standard InChI is InChI=1S/C15H17FN4O3S3/c1-4-8-24-15-19-18-14(25-15)17-13(21)10(2)20(26(3,22)23)12-7-5-6-11(16)9-12/h4-7,9-10H,1,8H2,2-3H3,(H,17,18,21)/t10-/m1/s1. The van der Waals surface area contributed by atoms with Crippen LogP contribution < -0.4 is 9.62 Å². The van der Waals surface area contributed by atoms with Gasteiger partial charge >= 0.3 is 0 Å². The summed E-state index contributed by atoms with van der Waals surface area (Å²) in [5, 5.41) is 10.6. The van der Waals surface area contributed by atoms with Crippen molar-refractivity contribution in [3.05, 3.63) is 42.7 Å². The fourth-order valence-electron chi connectivity index (χ4n) is 2.08. The number of carbonyl (C=O) groups is 1. The van der Waals surface area contributed by atoms with E-state index in [0.717, 1.165) is 16.6 Å². The fraction of sp³-hybridized carbons (Fsp3) is 0.267. The Morgan fingerprint density at radius 2 is 2.23 bits per heavy atom. The molecule has 1 aromatic heterocycles. The lowest BCUT2D eigenvalue weighted by Gasteiger charge is -2.27. The van der Waals surface area contributed by atoms with Crippen LogP contribution in [0.25, 0.3) is 0 Å². The van der Waals surface area contributed by atoms with Crippen molar-refractivity contribution < 1.29 is 17.6 Å². The van der Waals surface area contributed by atoms with E-state index < -0.39 is 27.8 Å². The quantitative estimate of drug-likeness (QED) is 0.404. The Morgan fingerprint density at radius 3 is 2.85 bits per heavy atom. The number of hydrogen-bond donors (Lipinski definition) is 1.